The van der Waals surface area contributed by atoms with Crippen LogP contribution in [0.25, 0.3) is 116 Å². The fourth-order valence-electron chi connectivity index (χ4n) is 15.4. The smallest absolute Gasteiger partial charge is 0.152 e. The normalized spacial score (nSPS) is 12.7. The van der Waals surface area contributed by atoms with E-state index in [1.54, 1.807) is 35.3 Å². The molecule has 0 saturated heterocycles. The first-order valence-corrected chi connectivity index (χ1v) is 36.0. The molecule has 0 unspecified atom stereocenters. The van der Waals surface area contributed by atoms with Gasteiger partial charge in [-0.15, -0.1) is 0 Å². The van der Waals surface area contributed by atoms with Crippen molar-refractivity contribution in [2.75, 3.05) is 4.90 Å². The van der Waals surface area contributed by atoms with Crippen molar-refractivity contribution in [3.05, 3.63) is 328 Å². The summed E-state index contributed by atoms with van der Waals surface area (Å²) >= 11 is 5.35. The second-order valence-electron chi connectivity index (χ2n) is 25.4. The lowest BCUT2D eigenvalue weighted by Crippen LogP contribution is -2.10. The van der Waals surface area contributed by atoms with Gasteiger partial charge in [0.2, 0.25) is 0 Å². The summed E-state index contributed by atoms with van der Waals surface area (Å²) in [6, 6.07) is 118. The quantitative estimate of drug-likeness (QED) is 0.143. The van der Waals surface area contributed by atoms with Gasteiger partial charge >= 0.3 is 0 Å². The standard InChI is InChI=1S/C90H54N4O3S3/c1-4-22-58(23-5-1)92-70-31-13-10-28-64(70)82-73(92)53-68(88-86(82)96-77-35-17-19-37-79(77)98-88)56-42-48-62(49-43-56)91(61-46-40-55(41-47-61)67-52-75-84(90-85(67)95-76-34-16-21-39-81(76)100-90)66-30-12-15-33-72(66)94(75)60-26-8-3-9-27-60)63-50-44-57(45-51-63)69-54-74-83(87-89(69)99-80-38-20-18-36-78(80)97-87)65-29-11-14-32-71(65)93(74)59-24-6-2-7-25-59/h1-54H. The molecule has 7 nitrogen and oxygen atoms in total. The number of ether oxygens (including phenoxy) is 3. The molecule has 0 amide bonds. The zero-order valence-corrected chi connectivity index (χ0v) is 55.9. The third kappa shape index (κ3) is 8.90. The number of rotatable bonds is 9. The van der Waals surface area contributed by atoms with Crippen LogP contribution >= 0.6 is 35.3 Å². The number of fused-ring (bicyclic) bond motifs is 18. The van der Waals surface area contributed by atoms with Gasteiger partial charge in [0.1, 0.15) is 23.0 Å². The van der Waals surface area contributed by atoms with E-state index < -0.39 is 0 Å². The van der Waals surface area contributed by atoms with Crippen LogP contribution in [0.3, 0.4) is 0 Å². The molecular weight excluding hydrogens is 1280 g/mol. The van der Waals surface area contributed by atoms with E-state index in [9.17, 15) is 0 Å². The van der Waals surface area contributed by atoms with Crippen LogP contribution in [0.1, 0.15) is 0 Å². The Balaban J connectivity index is 0.744. The van der Waals surface area contributed by atoms with Crippen LogP contribution < -0.4 is 19.1 Å². The molecule has 0 radical (unpaired) electrons. The Morgan fingerprint density at radius 1 is 0.240 bits per heavy atom. The van der Waals surface area contributed by atoms with Crippen molar-refractivity contribution < 1.29 is 14.2 Å². The predicted molar refractivity (Wildman–Crippen MR) is 412 cm³/mol. The first kappa shape index (κ1) is 57.1. The molecule has 0 atom stereocenters. The number of nitrogens with zero attached hydrogens (tertiary/aromatic N) is 4. The largest absolute Gasteiger partial charge is 0.454 e. The third-order valence-electron chi connectivity index (χ3n) is 19.8. The van der Waals surface area contributed by atoms with Crippen molar-refractivity contribution in [1.29, 1.82) is 0 Å². The molecule has 15 aromatic carbocycles. The van der Waals surface area contributed by atoms with E-state index in [0.29, 0.717) is 0 Å². The Morgan fingerprint density at radius 2 is 0.540 bits per heavy atom. The number of para-hydroxylation sites is 9. The first-order valence-electron chi connectivity index (χ1n) is 33.5. The number of anilines is 3. The Bertz CT molecular complexity index is 5770. The summed E-state index contributed by atoms with van der Waals surface area (Å²) in [4.78, 5) is 8.92. The van der Waals surface area contributed by atoms with E-state index in [4.69, 9.17) is 14.2 Å². The van der Waals surface area contributed by atoms with Gasteiger partial charge in [-0.05, 0) is 162 Å². The fourth-order valence-corrected chi connectivity index (χ4v) is 18.7. The minimum Gasteiger partial charge on any atom is -0.454 e. The lowest BCUT2D eigenvalue weighted by molar-refractivity contribution is 0.458. The Hall–Kier alpha value is -12.1. The van der Waals surface area contributed by atoms with Gasteiger partial charge in [0.15, 0.2) is 11.5 Å². The summed E-state index contributed by atoms with van der Waals surface area (Å²) < 4.78 is 28.5. The molecule has 3 aromatic heterocycles. The topological polar surface area (TPSA) is 45.7 Å². The van der Waals surface area contributed by atoms with E-state index in [1.165, 1.54) is 10.8 Å². The Kier molecular flexibility index (Phi) is 13.0. The fraction of sp³-hybridized carbons (Fsp3) is 0. The average molecular weight is 1340 g/mol. The van der Waals surface area contributed by atoms with Crippen LogP contribution in [-0.4, -0.2) is 13.7 Å². The number of hydrogen-bond acceptors (Lipinski definition) is 7. The van der Waals surface area contributed by atoms with Gasteiger partial charge in [0.05, 0.1) is 73.2 Å². The lowest BCUT2D eigenvalue weighted by Gasteiger charge is -2.27. The van der Waals surface area contributed by atoms with Gasteiger partial charge in [0, 0.05) is 72.4 Å². The van der Waals surface area contributed by atoms with Gasteiger partial charge in [0.25, 0.3) is 0 Å². The second kappa shape index (κ2) is 22.8. The molecule has 0 aliphatic carbocycles. The summed E-state index contributed by atoms with van der Waals surface area (Å²) in [6.45, 7) is 0. The minimum atomic E-state index is 0.854. The molecular formula is C90H54N4O3S3. The zero-order valence-electron chi connectivity index (χ0n) is 53.4. The van der Waals surface area contributed by atoms with Gasteiger partial charge < -0.3 is 32.8 Å². The summed E-state index contributed by atoms with van der Waals surface area (Å²) in [5, 5.41) is 6.85. The zero-order chi connectivity index (χ0) is 65.5. The SMILES string of the molecule is c1ccc(-n2c3ccccc3c3c4c(c(-c5ccc(N(c6ccc(-c7cc8c(c9c7Oc7ccccc7S9)c7ccccc7n8-c7ccccc7)cc6)c6ccc(-c7cc8c(c9c7Sc7ccccc7O9)c7ccccc7n8-c7ccccc7)cc6)cc5)cc32)Sc2ccccc2O4)cc1. The molecule has 0 saturated carbocycles. The van der Waals surface area contributed by atoms with Crippen LogP contribution in [0.15, 0.2) is 357 Å². The van der Waals surface area contributed by atoms with Crippen LogP contribution in [0.4, 0.5) is 17.1 Å². The maximum absolute atomic E-state index is 7.12. The van der Waals surface area contributed by atoms with Gasteiger partial charge in [-0.1, -0.05) is 217 Å². The Labute approximate surface area is 588 Å². The molecule has 100 heavy (non-hydrogen) atoms. The molecule has 0 bridgehead atoms. The highest BCUT2D eigenvalue weighted by Crippen LogP contribution is 2.60. The van der Waals surface area contributed by atoms with Gasteiger partial charge in [-0.2, -0.15) is 0 Å². The minimum absolute atomic E-state index is 0.854. The van der Waals surface area contributed by atoms with E-state index in [2.05, 4.69) is 346 Å². The van der Waals surface area contributed by atoms with Crippen molar-refractivity contribution in [3.63, 3.8) is 0 Å². The van der Waals surface area contributed by atoms with Crippen molar-refractivity contribution in [2.24, 2.45) is 0 Å². The molecule has 6 heterocycles. The highest BCUT2D eigenvalue weighted by molar-refractivity contribution is 8.00. The highest BCUT2D eigenvalue weighted by Gasteiger charge is 2.33. The first-order chi connectivity index (χ1) is 49.6. The molecule has 0 N–H and O–H groups in total. The molecule has 18 aromatic rings. The molecule has 3 aliphatic rings. The van der Waals surface area contributed by atoms with Crippen LogP contribution in [0, 0.1) is 0 Å². The van der Waals surface area contributed by atoms with Crippen LogP contribution in [0.5, 0.6) is 34.5 Å². The number of aromatic nitrogens is 3. The van der Waals surface area contributed by atoms with E-state index in [1.807, 2.05) is 0 Å². The maximum atomic E-state index is 7.12. The maximum Gasteiger partial charge on any atom is 0.152 e. The van der Waals surface area contributed by atoms with Crippen molar-refractivity contribution in [1.82, 2.24) is 13.7 Å². The average Bonchev–Trinajstić information content (AvgIpc) is 1.53. The van der Waals surface area contributed by atoms with Gasteiger partial charge in [-0.3, -0.25) is 0 Å². The highest BCUT2D eigenvalue weighted by atomic mass is 32.2. The molecule has 21 rings (SSSR count). The van der Waals surface area contributed by atoms with Crippen LogP contribution in [-0.2, 0) is 0 Å². The molecule has 0 spiro atoms. The second-order valence-corrected chi connectivity index (χ2v) is 28.6. The summed E-state index contributed by atoms with van der Waals surface area (Å²) in [5.41, 5.74) is 19.4. The summed E-state index contributed by atoms with van der Waals surface area (Å²) in [5.74, 6) is 5.18. The molecule has 3 aliphatic heterocycles. The van der Waals surface area contributed by atoms with Crippen molar-refractivity contribution >= 4 is 118 Å². The third-order valence-corrected chi connectivity index (χ3v) is 23.3. The number of benzene rings is 15. The molecule has 470 valence electrons. The van der Waals surface area contributed by atoms with Gasteiger partial charge in [-0.25, -0.2) is 0 Å². The summed E-state index contributed by atoms with van der Waals surface area (Å²) in [6.07, 6.45) is 0. The van der Waals surface area contributed by atoms with Crippen molar-refractivity contribution in [3.8, 4) is 84.9 Å². The summed E-state index contributed by atoms with van der Waals surface area (Å²) in [7, 11) is 0. The van der Waals surface area contributed by atoms with Crippen molar-refractivity contribution in [2.45, 2.75) is 29.4 Å². The lowest BCUT2D eigenvalue weighted by atomic mass is 9.99. The van der Waals surface area contributed by atoms with Crippen LogP contribution in [0.2, 0.25) is 0 Å². The van der Waals surface area contributed by atoms with E-state index in [-0.39, 0.29) is 0 Å². The molecule has 0 fully saturated rings. The van der Waals surface area contributed by atoms with E-state index in [0.717, 1.165) is 186 Å². The Morgan fingerprint density at radius 3 is 0.940 bits per heavy atom. The molecule has 10 heteroatoms. The number of hydrogen-bond donors (Lipinski definition) is 0. The van der Waals surface area contributed by atoms with E-state index >= 15 is 0 Å². The predicted octanol–water partition coefficient (Wildman–Crippen LogP) is 26.2. The monoisotopic (exact) mass is 1330 g/mol.